The van der Waals surface area contributed by atoms with Crippen molar-refractivity contribution < 1.29 is 17.9 Å². The Kier molecular flexibility index (Phi) is 6.11. The van der Waals surface area contributed by atoms with Gasteiger partial charge in [0.25, 0.3) is 0 Å². The topological polar surface area (TPSA) is 63.7 Å². The van der Waals surface area contributed by atoms with Gasteiger partial charge in [0.2, 0.25) is 10.0 Å². The van der Waals surface area contributed by atoms with Crippen LogP contribution in [0.4, 0.5) is 0 Å². The van der Waals surface area contributed by atoms with Gasteiger partial charge >= 0.3 is 5.97 Å². The number of nitrogens with zero attached hydrogens (tertiary/aromatic N) is 1. The first-order valence-corrected chi connectivity index (χ1v) is 8.10. The third kappa shape index (κ3) is 4.41. The average molecular weight is 311 g/mol. The van der Waals surface area contributed by atoms with Crippen molar-refractivity contribution >= 4 is 16.0 Å². The summed E-state index contributed by atoms with van der Waals surface area (Å²) in [6.45, 7) is 8.70. The van der Waals surface area contributed by atoms with Crippen LogP contribution in [-0.4, -0.2) is 38.4 Å². The van der Waals surface area contributed by atoms with Gasteiger partial charge in [-0.25, -0.2) is 8.42 Å². The lowest BCUT2D eigenvalue weighted by Gasteiger charge is -2.21. The first-order chi connectivity index (χ1) is 9.82. The van der Waals surface area contributed by atoms with Crippen LogP contribution in [0.5, 0.6) is 0 Å². The van der Waals surface area contributed by atoms with E-state index in [2.05, 4.69) is 6.58 Å². The maximum Gasteiger partial charge on any atom is 0.321 e. The summed E-state index contributed by atoms with van der Waals surface area (Å²) in [5.74, 6) is -0.576. The fourth-order valence-corrected chi connectivity index (χ4v) is 3.53. The van der Waals surface area contributed by atoms with Crippen LogP contribution in [-0.2, 0) is 19.6 Å². The van der Waals surface area contributed by atoms with Crippen molar-refractivity contribution in [3.63, 3.8) is 0 Å². The highest BCUT2D eigenvalue weighted by Crippen LogP contribution is 2.21. The Balaban J connectivity index is 3.18. The minimum absolute atomic E-state index is 0.0501. The highest BCUT2D eigenvalue weighted by molar-refractivity contribution is 7.89. The summed E-state index contributed by atoms with van der Waals surface area (Å²) in [4.78, 5) is 11.8. The molecule has 116 valence electrons. The van der Waals surface area contributed by atoms with E-state index < -0.39 is 16.0 Å². The predicted molar refractivity (Wildman–Crippen MR) is 81.5 cm³/mol. The number of ether oxygens (including phenoxy) is 1. The molecule has 21 heavy (non-hydrogen) atoms. The van der Waals surface area contributed by atoms with Crippen molar-refractivity contribution in [3.05, 3.63) is 42.0 Å². The number of sulfonamides is 1. The van der Waals surface area contributed by atoms with Gasteiger partial charge in [0.15, 0.2) is 0 Å². The minimum Gasteiger partial charge on any atom is -0.465 e. The number of esters is 1. The summed E-state index contributed by atoms with van der Waals surface area (Å²) in [6.07, 6.45) is 1.45. The maximum absolute atomic E-state index is 12.7. The second kappa shape index (κ2) is 7.38. The summed E-state index contributed by atoms with van der Waals surface area (Å²) in [5, 5.41) is 0. The van der Waals surface area contributed by atoms with Gasteiger partial charge in [0.1, 0.15) is 6.54 Å². The predicted octanol–water partition coefficient (Wildman–Crippen LogP) is 2.04. The summed E-state index contributed by atoms with van der Waals surface area (Å²) in [7, 11) is -3.77. The normalized spacial score (nSPS) is 11.4. The molecule has 1 aromatic carbocycles. The number of carbonyl (C=O) groups excluding carboxylic acids is 1. The quantitative estimate of drug-likeness (QED) is 0.571. The molecule has 0 saturated heterocycles. The smallest absolute Gasteiger partial charge is 0.321 e. The molecule has 0 spiro atoms. The molecule has 0 N–H and O–H groups in total. The van der Waals surface area contributed by atoms with Crippen LogP contribution < -0.4 is 0 Å². The molecule has 0 aliphatic rings. The summed E-state index contributed by atoms with van der Waals surface area (Å²) in [5.41, 5.74) is 1.48. The fraction of sp³-hybridized carbons (Fsp3) is 0.400. The molecule has 0 unspecified atom stereocenters. The van der Waals surface area contributed by atoms with Crippen LogP contribution in [0.3, 0.4) is 0 Å². The van der Waals surface area contributed by atoms with Crippen molar-refractivity contribution in [2.75, 3.05) is 19.7 Å². The van der Waals surface area contributed by atoms with Crippen molar-refractivity contribution in [1.82, 2.24) is 4.31 Å². The van der Waals surface area contributed by atoms with Crippen LogP contribution >= 0.6 is 0 Å². The molecule has 0 heterocycles. The van der Waals surface area contributed by atoms with Gasteiger partial charge in [-0.05, 0) is 38.0 Å². The molecule has 0 amide bonds. The summed E-state index contributed by atoms with van der Waals surface area (Å²) >= 11 is 0. The zero-order chi connectivity index (χ0) is 16.0. The Morgan fingerprint density at radius 1 is 1.38 bits per heavy atom. The van der Waals surface area contributed by atoms with E-state index in [-0.39, 0.29) is 24.6 Å². The van der Waals surface area contributed by atoms with Crippen LogP contribution in [0.15, 0.2) is 35.7 Å². The van der Waals surface area contributed by atoms with E-state index in [0.29, 0.717) is 5.56 Å². The van der Waals surface area contributed by atoms with Crippen molar-refractivity contribution in [2.45, 2.75) is 25.7 Å². The lowest BCUT2D eigenvalue weighted by molar-refractivity contribution is -0.143. The van der Waals surface area contributed by atoms with Gasteiger partial charge in [-0.2, -0.15) is 4.31 Å². The number of carbonyl (C=O) groups is 1. The Morgan fingerprint density at radius 3 is 2.62 bits per heavy atom. The summed E-state index contributed by atoms with van der Waals surface area (Å²) in [6, 6.07) is 5.20. The van der Waals surface area contributed by atoms with Crippen LogP contribution in [0.1, 0.15) is 18.1 Å². The Labute approximate surface area is 126 Å². The third-order valence-electron chi connectivity index (χ3n) is 2.90. The second-order valence-electron chi connectivity index (χ2n) is 4.66. The summed E-state index contributed by atoms with van der Waals surface area (Å²) < 4.78 is 31.3. The van der Waals surface area contributed by atoms with E-state index in [1.54, 1.807) is 26.0 Å². The number of aryl methyl sites for hydroxylation is 2. The van der Waals surface area contributed by atoms with E-state index in [1.165, 1.54) is 6.08 Å². The first-order valence-electron chi connectivity index (χ1n) is 6.66. The number of hydrogen-bond donors (Lipinski definition) is 0. The lowest BCUT2D eigenvalue weighted by Crippen LogP contribution is -2.37. The van der Waals surface area contributed by atoms with E-state index in [4.69, 9.17) is 4.74 Å². The number of benzene rings is 1. The third-order valence-corrected chi connectivity index (χ3v) is 4.86. The zero-order valence-corrected chi connectivity index (χ0v) is 13.4. The minimum atomic E-state index is -3.77. The molecule has 0 aliphatic carbocycles. The van der Waals surface area contributed by atoms with Crippen molar-refractivity contribution in [2.24, 2.45) is 0 Å². The van der Waals surface area contributed by atoms with Gasteiger partial charge in [0.05, 0.1) is 11.5 Å². The molecule has 0 radical (unpaired) electrons. The number of rotatable bonds is 7. The molecular weight excluding hydrogens is 290 g/mol. The second-order valence-corrected chi connectivity index (χ2v) is 6.57. The molecule has 6 heteroatoms. The molecule has 0 bridgehead atoms. The molecule has 0 aliphatic heterocycles. The Hall–Kier alpha value is -1.66. The van der Waals surface area contributed by atoms with Crippen LogP contribution in [0.25, 0.3) is 0 Å². The van der Waals surface area contributed by atoms with Gasteiger partial charge in [-0.15, -0.1) is 6.58 Å². The van der Waals surface area contributed by atoms with Crippen molar-refractivity contribution in [1.29, 1.82) is 0 Å². The van der Waals surface area contributed by atoms with E-state index in [9.17, 15) is 13.2 Å². The molecule has 0 saturated carbocycles. The average Bonchev–Trinajstić information content (AvgIpc) is 2.41. The van der Waals surface area contributed by atoms with Crippen LogP contribution in [0, 0.1) is 13.8 Å². The largest absolute Gasteiger partial charge is 0.465 e. The van der Waals surface area contributed by atoms with E-state index in [0.717, 1.165) is 9.87 Å². The monoisotopic (exact) mass is 311 g/mol. The zero-order valence-electron chi connectivity index (χ0n) is 12.6. The molecule has 0 aromatic heterocycles. The lowest BCUT2D eigenvalue weighted by atomic mass is 10.2. The van der Waals surface area contributed by atoms with Gasteiger partial charge in [0, 0.05) is 6.54 Å². The van der Waals surface area contributed by atoms with Crippen LogP contribution in [0.2, 0.25) is 0 Å². The molecule has 1 rings (SSSR count). The van der Waals surface area contributed by atoms with E-state index in [1.807, 2.05) is 13.0 Å². The van der Waals surface area contributed by atoms with E-state index >= 15 is 0 Å². The molecule has 5 nitrogen and oxygen atoms in total. The van der Waals surface area contributed by atoms with Gasteiger partial charge < -0.3 is 4.74 Å². The van der Waals surface area contributed by atoms with Gasteiger partial charge in [-0.3, -0.25) is 4.79 Å². The SMILES string of the molecule is C=CCN(CC(=O)OCC)S(=O)(=O)c1cc(C)ccc1C. The molecule has 0 fully saturated rings. The molecule has 1 aromatic rings. The molecule has 0 atom stereocenters. The highest BCUT2D eigenvalue weighted by Gasteiger charge is 2.27. The standard InChI is InChI=1S/C15H21NO4S/c1-5-9-16(11-15(17)20-6-2)21(18,19)14-10-12(3)7-8-13(14)4/h5,7-8,10H,1,6,9,11H2,2-4H3. The highest BCUT2D eigenvalue weighted by atomic mass is 32.2. The fourth-order valence-electron chi connectivity index (χ4n) is 1.87. The Bertz CT molecular complexity index is 623. The molecular formula is C15H21NO4S. The first kappa shape index (κ1) is 17.4. The maximum atomic E-state index is 12.7. The number of hydrogen-bond acceptors (Lipinski definition) is 4. The Morgan fingerprint density at radius 2 is 2.05 bits per heavy atom. The van der Waals surface area contributed by atoms with Gasteiger partial charge in [-0.1, -0.05) is 18.2 Å². The van der Waals surface area contributed by atoms with Crippen molar-refractivity contribution in [3.8, 4) is 0 Å².